The fourth-order valence-electron chi connectivity index (χ4n) is 2.42. The van der Waals surface area contributed by atoms with Crippen molar-refractivity contribution in [1.29, 1.82) is 0 Å². The molecule has 1 aliphatic heterocycles. The van der Waals surface area contributed by atoms with Crippen molar-refractivity contribution in [2.24, 2.45) is 0 Å². The summed E-state index contributed by atoms with van der Waals surface area (Å²) >= 11 is 0. The number of anilines is 1. The minimum atomic E-state index is -1.32. The Morgan fingerprint density at radius 2 is 1.95 bits per heavy atom. The number of para-hydroxylation sites is 1. The molecule has 0 radical (unpaired) electrons. The van der Waals surface area contributed by atoms with Crippen molar-refractivity contribution in [3.05, 3.63) is 29.8 Å². The number of aryl methyl sites for hydroxylation is 1. The summed E-state index contributed by atoms with van der Waals surface area (Å²) < 4.78 is 0. The molecule has 6 heteroatoms. The number of rotatable bonds is 5. The van der Waals surface area contributed by atoms with Crippen molar-refractivity contribution in [3.63, 3.8) is 0 Å². The molecule has 0 aliphatic carbocycles. The van der Waals surface area contributed by atoms with Crippen LogP contribution in [0, 0.1) is 0 Å². The van der Waals surface area contributed by atoms with Gasteiger partial charge in [0.15, 0.2) is 0 Å². The Morgan fingerprint density at radius 1 is 1.27 bits per heavy atom. The van der Waals surface area contributed by atoms with Crippen molar-refractivity contribution in [3.8, 4) is 0 Å². The second-order valence-electron chi connectivity index (χ2n) is 5.90. The summed E-state index contributed by atoms with van der Waals surface area (Å²) in [5, 5.41) is 11.5. The maximum Gasteiger partial charge on any atom is 0.328 e. The fourth-order valence-corrected chi connectivity index (χ4v) is 2.42. The predicted molar refractivity (Wildman–Crippen MR) is 81.6 cm³/mol. The number of nitrogens with one attached hydrogen (secondary N) is 1. The van der Waals surface area contributed by atoms with Gasteiger partial charge in [0.25, 0.3) is 0 Å². The van der Waals surface area contributed by atoms with Crippen LogP contribution in [0.25, 0.3) is 0 Å². The van der Waals surface area contributed by atoms with E-state index < -0.39 is 11.5 Å². The lowest BCUT2D eigenvalue weighted by Crippen LogP contribution is -2.50. The Kier molecular flexibility index (Phi) is 4.49. The van der Waals surface area contributed by atoms with E-state index in [1.165, 1.54) is 13.8 Å². The van der Waals surface area contributed by atoms with Crippen LogP contribution in [0.5, 0.6) is 0 Å². The average Bonchev–Trinajstić information content (AvgIpc) is 2.45. The number of fused-ring (bicyclic) bond motifs is 1. The Labute approximate surface area is 129 Å². The standard InChI is InChI=1S/C16H20N2O4/c1-16(2,15(21)22)17-13(19)9-10-18-12-6-4-3-5-11(12)7-8-14(18)20/h3-6H,7-10H2,1-2H3,(H,17,19)(H,21,22). The van der Waals surface area contributed by atoms with Crippen molar-refractivity contribution in [1.82, 2.24) is 5.32 Å². The van der Waals surface area contributed by atoms with Crippen LogP contribution < -0.4 is 10.2 Å². The summed E-state index contributed by atoms with van der Waals surface area (Å²) in [6.45, 7) is 3.10. The van der Waals surface area contributed by atoms with E-state index in [2.05, 4.69) is 5.32 Å². The number of carbonyl (C=O) groups is 3. The number of hydrogen-bond acceptors (Lipinski definition) is 3. The lowest BCUT2D eigenvalue weighted by atomic mass is 10.0. The Balaban J connectivity index is 2.01. The van der Waals surface area contributed by atoms with Gasteiger partial charge in [0, 0.05) is 25.1 Å². The summed E-state index contributed by atoms with van der Waals surface area (Å²) in [6.07, 6.45) is 1.21. The highest BCUT2D eigenvalue weighted by Gasteiger charge is 2.29. The molecule has 1 heterocycles. The highest BCUT2D eigenvalue weighted by molar-refractivity contribution is 5.97. The molecule has 2 N–H and O–H groups in total. The van der Waals surface area contributed by atoms with Crippen LogP contribution in [0.1, 0.15) is 32.3 Å². The van der Waals surface area contributed by atoms with Crippen LogP contribution in [-0.2, 0) is 20.8 Å². The maximum absolute atomic E-state index is 12.1. The smallest absolute Gasteiger partial charge is 0.328 e. The average molecular weight is 304 g/mol. The van der Waals surface area contributed by atoms with Crippen LogP contribution in [0.3, 0.4) is 0 Å². The molecular weight excluding hydrogens is 284 g/mol. The molecule has 0 saturated heterocycles. The first-order chi connectivity index (χ1) is 10.3. The monoisotopic (exact) mass is 304 g/mol. The molecule has 0 bridgehead atoms. The normalized spacial score (nSPS) is 14.5. The SMILES string of the molecule is CC(C)(NC(=O)CCN1C(=O)CCc2ccccc21)C(=O)O. The molecule has 0 aromatic heterocycles. The quantitative estimate of drug-likeness (QED) is 0.859. The number of hydrogen-bond donors (Lipinski definition) is 2. The summed E-state index contributed by atoms with van der Waals surface area (Å²) in [6, 6.07) is 7.63. The zero-order valence-electron chi connectivity index (χ0n) is 12.8. The van der Waals surface area contributed by atoms with Crippen LogP contribution in [0.15, 0.2) is 24.3 Å². The van der Waals surface area contributed by atoms with Crippen molar-refractivity contribution in [2.45, 2.75) is 38.6 Å². The molecule has 1 aliphatic rings. The third-order valence-electron chi connectivity index (χ3n) is 3.74. The molecule has 0 saturated carbocycles. The van der Waals surface area contributed by atoms with Crippen molar-refractivity contribution < 1.29 is 19.5 Å². The van der Waals surface area contributed by atoms with Crippen molar-refractivity contribution >= 4 is 23.5 Å². The Bertz CT molecular complexity index is 610. The second kappa shape index (κ2) is 6.17. The number of aliphatic carboxylic acids is 1. The maximum atomic E-state index is 12.1. The molecule has 0 spiro atoms. The number of carbonyl (C=O) groups excluding carboxylic acids is 2. The zero-order chi connectivity index (χ0) is 16.3. The molecule has 2 amide bonds. The molecule has 0 fully saturated rings. The van der Waals surface area contributed by atoms with Gasteiger partial charge < -0.3 is 15.3 Å². The first-order valence-electron chi connectivity index (χ1n) is 7.24. The minimum Gasteiger partial charge on any atom is -0.480 e. The molecule has 118 valence electrons. The number of carboxylic acids is 1. The minimum absolute atomic E-state index is 0.0102. The van der Waals surface area contributed by atoms with Gasteiger partial charge in [0.1, 0.15) is 5.54 Å². The van der Waals surface area contributed by atoms with Gasteiger partial charge in [-0.05, 0) is 31.9 Å². The van der Waals surface area contributed by atoms with Crippen molar-refractivity contribution in [2.75, 3.05) is 11.4 Å². The summed E-state index contributed by atoms with van der Waals surface area (Å²) in [7, 11) is 0. The number of amides is 2. The number of carboxylic acid groups (broad SMARTS) is 1. The van der Waals surface area contributed by atoms with Gasteiger partial charge in [-0.2, -0.15) is 0 Å². The van der Waals surface area contributed by atoms with Crippen LogP contribution in [0.4, 0.5) is 5.69 Å². The van der Waals surface area contributed by atoms with Crippen LogP contribution in [0.2, 0.25) is 0 Å². The van der Waals surface area contributed by atoms with E-state index in [0.29, 0.717) is 12.8 Å². The molecule has 0 atom stereocenters. The van der Waals surface area contributed by atoms with Gasteiger partial charge in [-0.1, -0.05) is 18.2 Å². The first kappa shape index (κ1) is 16.0. The van der Waals surface area contributed by atoms with Gasteiger partial charge in [0.2, 0.25) is 11.8 Å². The van der Waals surface area contributed by atoms with E-state index in [-0.39, 0.29) is 24.8 Å². The predicted octanol–water partition coefficient (Wildman–Crippen LogP) is 1.34. The third-order valence-corrected chi connectivity index (χ3v) is 3.74. The molecule has 0 unspecified atom stereocenters. The lowest BCUT2D eigenvalue weighted by molar-refractivity contribution is -0.146. The van der Waals surface area contributed by atoms with E-state index in [1.807, 2.05) is 24.3 Å². The first-order valence-corrected chi connectivity index (χ1v) is 7.24. The molecule has 6 nitrogen and oxygen atoms in total. The zero-order valence-corrected chi connectivity index (χ0v) is 12.8. The summed E-state index contributed by atoms with van der Waals surface area (Å²) in [5.74, 6) is -1.49. The number of benzene rings is 1. The van der Waals surface area contributed by atoms with E-state index in [0.717, 1.165) is 11.3 Å². The van der Waals surface area contributed by atoms with E-state index >= 15 is 0 Å². The van der Waals surface area contributed by atoms with Gasteiger partial charge in [-0.3, -0.25) is 9.59 Å². The van der Waals surface area contributed by atoms with Gasteiger partial charge in [-0.15, -0.1) is 0 Å². The van der Waals surface area contributed by atoms with Gasteiger partial charge in [0.05, 0.1) is 0 Å². The summed E-state index contributed by atoms with van der Waals surface area (Å²) in [5.41, 5.74) is 0.610. The lowest BCUT2D eigenvalue weighted by Gasteiger charge is -2.29. The molecule has 2 rings (SSSR count). The van der Waals surface area contributed by atoms with Crippen LogP contribution >= 0.6 is 0 Å². The van der Waals surface area contributed by atoms with E-state index in [4.69, 9.17) is 5.11 Å². The molecule has 1 aromatic carbocycles. The van der Waals surface area contributed by atoms with Gasteiger partial charge in [-0.25, -0.2) is 4.79 Å². The largest absolute Gasteiger partial charge is 0.480 e. The molecule has 1 aromatic rings. The topological polar surface area (TPSA) is 86.7 Å². The Morgan fingerprint density at radius 3 is 2.64 bits per heavy atom. The summed E-state index contributed by atoms with van der Waals surface area (Å²) in [4.78, 5) is 36.6. The number of nitrogens with zero attached hydrogens (tertiary/aromatic N) is 1. The second-order valence-corrected chi connectivity index (χ2v) is 5.90. The van der Waals surface area contributed by atoms with E-state index in [1.54, 1.807) is 4.90 Å². The fraction of sp³-hybridized carbons (Fsp3) is 0.438. The van der Waals surface area contributed by atoms with E-state index in [9.17, 15) is 14.4 Å². The Hall–Kier alpha value is -2.37. The third kappa shape index (κ3) is 3.44. The molecule has 22 heavy (non-hydrogen) atoms. The van der Waals surface area contributed by atoms with Crippen LogP contribution in [-0.4, -0.2) is 35.0 Å². The van der Waals surface area contributed by atoms with Gasteiger partial charge >= 0.3 is 5.97 Å². The highest BCUT2D eigenvalue weighted by Crippen LogP contribution is 2.27. The highest BCUT2D eigenvalue weighted by atomic mass is 16.4. The molecular formula is C16H20N2O4.